The van der Waals surface area contributed by atoms with E-state index in [1.807, 2.05) is 30.3 Å². The quantitative estimate of drug-likeness (QED) is 0.682. The van der Waals surface area contributed by atoms with Crippen LogP contribution in [0.25, 0.3) is 28.6 Å². The van der Waals surface area contributed by atoms with Crippen LogP contribution < -0.4 is 0 Å². The van der Waals surface area contributed by atoms with Crippen molar-refractivity contribution < 1.29 is 0 Å². The number of rotatable bonds is 1. The second-order valence-corrected chi connectivity index (χ2v) is 4.92. The normalized spacial score (nSPS) is 14.1. The summed E-state index contributed by atoms with van der Waals surface area (Å²) in [6.07, 6.45) is 5.45. The standard InChI is InChI=1S/C15H11BN4/c16-10-4-6-11-13(8-10)20-15(18-11)12-5-3-9-2-1-7-17-14(9)19-12/h1-3,5,7-8H,4,6H2,(H,18,20). The minimum atomic E-state index is 0.731. The molecule has 0 saturated heterocycles. The molecule has 0 fully saturated rings. The second kappa shape index (κ2) is 4.30. The summed E-state index contributed by atoms with van der Waals surface area (Å²) in [4.78, 5) is 16.7. The highest BCUT2D eigenvalue weighted by atomic mass is 15.0. The zero-order valence-electron chi connectivity index (χ0n) is 10.8. The zero-order chi connectivity index (χ0) is 13.5. The Morgan fingerprint density at radius 1 is 1.10 bits per heavy atom. The van der Waals surface area contributed by atoms with E-state index in [1.165, 1.54) is 0 Å². The molecule has 0 atom stereocenters. The van der Waals surface area contributed by atoms with Crippen molar-refractivity contribution in [2.45, 2.75) is 12.8 Å². The summed E-state index contributed by atoms with van der Waals surface area (Å²) in [5.74, 6) is 0.772. The van der Waals surface area contributed by atoms with Crippen molar-refractivity contribution in [1.29, 1.82) is 0 Å². The van der Waals surface area contributed by atoms with Crippen molar-refractivity contribution in [3.05, 3.63) is 47.3 Å². The third kappa shape index (κ3) is 1.83. The maximum Gasteiger partial charge on any atom is 0.159 e. The van der Waals surface area contributed by atoms with Crippen LogP contribution in [-0.2, 0) is 6.42 Å². The molecule has 1 aliphatic carbocycles. The number of imidazole rings is 1. The highest BCUT2D eigenvalue weighted by Gasteiger charge is 2.14. The van der Waals surface area contributed by atoms with E-state index in [-0.39, 0.29) is 0 Å². The maximum atomic E-state index is 5.85. The lowest BCUT2D eigenvalue weighted by Crippen LogP contribution is -1.97. The number of aromatic nitrogens is 4. The highest BCUT2D eigenvalue weighted by Crippen LogP contribution is 2.24. The molecule has 1 N–H and O–H groups in total. The molecular weight excluding hydrogens is 247 g/mol. The molecule has 0 amide bonds. The van der Waals surface area contributed by atoms with Crippen LogP contribution in [0.5, 0.6) is 0 Å². The van der Waals surface area contributed by atoms with Gasteiger partial charge in [-0.25, -0.2) is 15.0 Å². The predicted molar refractivity (Wildman–Crippen MR) is 79.2 cm³/mol. The lowest BCUT2D eigenvalue weighted by molar-refractivity contribution is 0.931. The van der Waals surface area contributed by atoms with E-state index >= 15 is 0 Å². The molecule has 20 heavy (non-hydrogen) atoms. The molecule has 4 rings (SSSR count). The first kappa shape index (κ1) is 11.4. The summed E-state index contributed by atoms with van der Waals surface area (Å²) in [6, 6.07) is 7.87. The molecule has 1 aliphatic rings. The Balaban J connectivity index is 1.83. The molecule has 3 aromatic heterocycles. The Kier molecular flexibility index (Phi) is 2.45. The molecule has 3 aromatic rings. The maximum absolute atomic E-state index is 5.85. The van der Waals surface area contributed by atoms with E-state index in [0.29, 0.717) is 0 Å². The van der Waals surface area contributed by atoms with Gasteiger partial charge in [0.25, 0.3) is 0 Å². The lowest BCUT2D eigenvalue weighted by atomic mass is 9.86. The van der Waals surface area contributed by atoms with Crippen LogP contribution >= 0.6 is 0 Å². The van der Waals surface area contributed by atoms with Crippen LogP contribution in [0.15, 0.2) is 35.9 Å². The van der Waals surface area contributed by atoms with Gasteiger partial charge in [0.05, 0.1) is 5.69 Å². The fourth-order valence-electron chi connectivity index (χ4n) is 2.46. The molecule has 0 aliphatic heterocycles. The van der Waals surface area contributed by atoms with Crippen LogP contribution in [-0.4, -0.2) is 27.8 Å². The van der Waals surface area contributed by atoms with Crippen LogP contribution in [0.2, 0.25) is 0 Å². The molecule has 4 nitrogen and oxygen atoms in total. The van der Waals surface area contributed by atoms with E-state index in [2.05, 4.69) is 19.9 Å². The van der Waals surface area contributed by atoms with Gasteiger partial charge < -0.3 is 4.98 Å². The molecule has 0 spiro atoms. The minimum Gasteiger partial charge on any atom is -0.340 e. The van der Waals surface area contributed by atoms with E-state index in [0.717, 1.165) is 52.3 Å². The van der Waals surface area contributed by atoms with Crippen LogP contribution in [0.1, 0.15) is 17.8 Å². The molecule has 0 bridgehead atoms. The summed E-state index contributed by atoms with van der Waals surface area (Å²) in [5.41, 5.74) is 4.46. The Morgan fingerprint density at radius 2 is 2.05 bits per heavy atom. The third-order valence-electron chi connectivity index (χ3n) is 3.50. The summed E-state index contributed by atoms with van der Waals surface area (Å²) in [6.45, 7) is 0. The third-order valence-corrected chi connectivity index (χ3v) is 3.50. The van der Waals surface area contributed by atoms with Gasteiger partial charge in [-0.05, 0) is 43.2 Å². The first-order chi connectivity index (χ1) is 9.79. The summed E-state index contributed by atoms with van der Waals surface area (Å²) in [7, 11) is 5.85. The van der Waals surface area contributed by atoms with E-state index < -0.39 is 0 Å². The number of aryl methyl sites for hydroxylation is 1. The van der Waals surface area contributed by atoms with Crippen molar-refractivity contribution in [2.24, 2.45) is 0 Å². The van der Waals surface area contributed by atoms with Gasteiger partial charge in [0, 0.05) is 17.3 Å². The molecule has 5 heteroatoms. The van der Waals surface area contributed by atoms with Gasteiger partial charge in [-0.3, -0.25) is 0 Å². The highest BCUT2D eigenvalue weighted by molar-refractivity contribution is 6.24. The number of fused-ring (bicyclic) bond motifs is 2. The van der Waals surface area contributed by atoms with Gasteiger partial charge in [-0.15, -0.1) is 5.47 Å². The topological polar surface area (TPSA) is 54.5 Å². The largest absolute Gasteiger partial charge is 0.340 e. The van der Waals surface area contributed by atoms with Crippen molar-refractivity contribution in [3.63, 3.8) is 0 Å². The van der Waals surface area contributed by atoms with Gasteiger partial charge >= 0.3 is 0 Å². The number of hydrogen-bond acceptors (Lipinski definition) is 3. The van der Waals surface area contributed by atoms with Gasteiger partial charge in [0.2, 0.25) is 0 Å². The predicted octanol–water partition coefficient (Wildman–Crippen LogP) is 2.48. The van der Waals surface area contributed by atoms with Crippen molar-refractivity contribution in [1.82, 2.24) is 19.9 Å². The number of H-pyrrole nitrogens is 1. The average Bonchev–Trinajstić information content (AvgIpc) is 2.89. The number of allylic oxidation sites excluding steroid dienone is 1. The van der Waals surface area contributed by atoms with E-state index in [1.54, 1.807) is 6.20 Å². The van der Waals surface area contributed by atoms with Crippen molar-refractivity contribution >= 4 is 25.0 Å². The summed E-state index contributed by atoms with van der Waals surface area (Å²) < 4.78 is 0. The monoisotopic (exact) mass is 258 g/mol. The number of nitrogens with zero attached hydrogens (tertiary/aromatic N) is 3. The van der Waals surface area contributed by atoms with Gasteiger partial charge in [0.15, 0.2) is 11.5 Å². The molecule has 94 valence electrons. The first-order valence-electron chi connectivity index (χ1n) is 6.57. The number of pyridine rings is 2. The number of hydrogen-bond donors (Lipinski definition) is 1. The van der Waals surface area contributed by atoms with Crippen LogP contribution in [0.3, 0.4) is 0 Å². The first-order valence-corrected chi connectivity index (χ1v) is 6.57. The molecule has 0 unspecified atom stereocenters. The van der Waals surface area contributed by atoms with Gasteiger partial charge in [-0.1, -0.05) is 0 Å². The Hall–Kier alpha value is -2.43. The number of nitrogens with one attached hydrogen (secondary N) is 1. The fraction of sp³-hybridized carbons (Fsp3) is 0.133. The molecule has 0 aromatic carbocycles. The molecular formula is C15H11BN4. The fourth-order valence-corrected chi connectivity index (χ4v) is 2.46. The second-order valence-electron chi connectivity index (χ2n) is 4.92. The van der Waals surface area contributed by atoms with E-state index in [4.69, 9.17) is 7.85 Å². The summed E-state index contributed by atoms with van der Waals surface area (Å²) >= 11 is 0. The van der Waals surface area contributed by atoms with Crippen LogP contribution in [0, 0.1) is 0 Å². The minimum absolute atomic E-state index is 0.731. The zero-order valence-corrected chi connectivity index (χ0v) is 10.8. The van der Waals surface area contributed by atoms with Crippen molar-refractivity contribution in [2.75, 3.05) is 0 Å². The van der Waals surface area contributed by atoms with E-state index in [9.17, 15) is 0 Å². The van der Waals surface area contributed by atoms with Gasteiger partial charge in [-0.2, -0.15) is 0 Å². The Labute approximate surface area is 117 Å². The average molecular weight is 258 g/mol. The SMILES string of the molecule is [B]C1=Cc2nc(-c3ccc4cccnc4n3)[nH]c2CC1. The smallest absolute Gasteiger partial charge is 0.159 e. The van der Waals surface area contributed by atoms with Crippen molar-refractivity contribution in [3.8, 4) is 11.5 Å². The molecule has 3 heterocycles. The summed E-state index contributed by atoms with van der Waals surface area (Å²) in [5, 5.41) is 1.02. The molecule has 0 saturated carbocycles. The molecule has 2 radical (unpaired) electrons. The lowest BCUT2D eigenvalue weighted by Gasteiger charge is -2.07. The number of aromatic amines is 1. The Bertz CT molecular complexity index is 835. The van der Waals surface area contributed by atoms with Gasteiger partial charge in [0.1, 0.15) is 13.5 Å². The Morgan fingerprint density at radius 3 is 3.00 bits per heavy atom. The van der Waals surface area contributed by atoms with Crippen LogP contribution in [0.4, 0.5) is 0 Å².